The van der Waals surface area contributed by atoms with Crippen LogP contribution in [0.25, 0.3) is 0 Å². The number of nitrogens with zero attached hydrogens (tertiary/aromatic N) is 1. The van der Waals surface area contributed by atoms with Crippen molar-refractivity contribution in [2.45, 2.75) is 31.2 Å². The van der Waals surface area contributed by atoms with E-state index in [0.717, 1.165) is 19.2 Å². The number of carbonyl (C=O) groups excluding carboxylic acids is 1. The third kappa shape index (κ3) is 3.07. The zero-order valence-electron chi connectivity index (χ0n) is 13.5. The second-order valence-corrected chi connectivity index (χ2v) is 6.10. The zero-order valence-corrected chi connectivity index (χ0v) is 13.5. The maximum atomic E-state index is 15.4. The fourth-order valence-electron chi connectivity index (χ4n) is 2.86. The SMILES string of the molecule is COC(=O)[C@]1(F)CN(C(C)(C)OC)C[C@H]1c1ccc(F)cc1F. The largest absolute Gasteiger partial charge is 0.467 e. The Balaban J connectivity index is 2.47. The number of likely N-dealkylation sites (tertiary alicyclic amines) is 1. The maximum Gasteiger partial charge on any atom is 0.345 e. The number of ether oxygens (including phenoxy) is 2. The molecule has 7 heteroatoms. The summed E-state index contributed by atoms with van der Waals surface area (Å²) in [5.41, 5.74) is -3.35. The highest BCUT2D eigenvalue weighted by Crippen LogP contribution is 2.43. The predicted octanol–water partition coefficient (Wildman–Crippen LogP) is 2.63. The predicted molar refractivity (Wildman–Crippen MR) is 77.6 cm³/mol. The van der Waals surface area contributed by atoms with Crippen molar-refractivity contribution in [1.29, 1.82) is 0 Å². The standard InChI is InChI=1S/C16H20F3NO3/c1-15(2,23-4)20-8-12(16(19,9-20)14(21)22-3)11-6-5-10(17)7-13(11)18/h5-7,12H,8-9H2,1-4H3/t12-,16-/m0/s1. The van der Waals surface area contributed by atoms with Gasteiger partial charge in [-0.1, -0.05) is 6.07 Å². The molecule has 0 bridgehead atoms. The number of hydrogen-bond donors (Lipinski definition) is 0. The summed E-state index contributed by atoms with van der Waals surface area (Å²) >= 11 is 0. The van der Waals surface area contributed by atoms with Gasteiger partial charge in [-0.15, -0.1) is 0 Å². The number of rotatable bonds is 4. The summed E-state index contributed by atoms with van der Waals surface area (Å²) in [6, 6.07) is 2.88. The van der Waals surface area contributed by atoms with Crippen LogP contribution in [0.5, 0.6) is 0 Å². The Morgan fingerprint density at radius 2 is 2.00 bits per heavy atom. The van der Waals surface area contributed by atoms with Gasteiger partial charge in [-0.3, -0.25) is 4.90 Å². The summed E-state index contributed by atoms with van der Waals surface area (Å²) in [6.45, 7) is 3.17. The smallest absolute Gasteiger partial charge is 0.345 e. The second-order valence-electron chi connectivity index (χ2n) is 6.10. The number of alkyl halides is 1. The third-order valence-electron chi connectivity index (χ3n) is 4.50. The van der Waals surface area contributed by atoms with E-state index in [4.69, 9.17) is 4.74 Å². The normalized spacial score (nSPS) is 25.6. The lowest BCUT2D eigenvalue weighted by Crippen LogP contribution is -2.47. The van der Waals surface area contributed by atoms with Gasteiger partial charge in [0.15, 0.2) is 0 Å². The Morgan fingerprint density at radius 3 is 2.52 bits per heavy atom. The van der Waals surface area contributed by atoms with Crippen LogP contribution in [0.15, 0.2) is 18.2 Å². The minimum atomic E-state index is -2.44. The van der Waals surface area contributed by atoms with Crippen LogP contribution in [0.2, 0.25) is 0 Å². The van der Waals surface area contributed by atoms with Crippen LogP contribution < -0.4 is 0 Å². The quantitative estimate of drug-likeness (QED) is 0.795. The van der Waals surface area contributed by atoms with E-state index in [1.807, 2.05) is 0 Å². The molecule has 1 heterocycles. The zero-order chi connectivity index (χ0) is 17.4. The van der Waals surface area contributed by atoms with E-state index in [9.17, 15) is 13.6 Å². The van der Waals surface area contributed by atoms with E-state index in [0.29, 0.717) is 6.07 Å². The molecule has 4 nitrogen and oxygen atoms in total. The van der Waals surface area contributed by atoms with Crippen LogP contribution in [0.1, 0.15) is 25.3 Å². The van der Waals surface area contributed by atoms with Crippen LogP contribution in [-0.4, -0.2) is 49.6 Å². The number of carbonyl (C=O) groups is 1. The molecule has 0 saturated carbocycles. The minimum absolute atomic E-state index is 0.0367. The Bertz CT molecular complexity index is 608. The molecule has 0 amide bonds. The first-order valence-corrected chi connectivity index (χ1v) is 7.18. The number of esters is 1. The van der Waals surface area contributed by atoms with Gasteiger partial charge in [0.2, 0.25) is 5.67 Å². The molecule has 1 fully saturated rings. The number of hydrogen-bond acceptors (Lipinski definition) is 4. The Labute approximate surface area is 133 Å². The molecule has 0 spiro atoms. The van der Waals surface area contributed by atoms with Gasteiger partial charge >= 0.3 is 5.97 Å². The summed E-state index contributed by atoms with van der Waals surface area (Å²) in [5, 5.41) is 0. The highest BCUT2D eigenvalue weighted by molar-refractivity contribution is 5.82. The van der Waals surface area contributed by atoms with E-state index < -0.39 is 34.9 Å². The molecule has 1 aromatic carbocycles. The molecule has 1 aromatic rings. The first-order valence-electron chi connectivity index (χ1n) is 7.18. The van der Waals surface area contributed by atoms with Crippen molar-refractivity contribution < 1.29 is 27.4 Å². The van der Waals surface area contributed by atoms with Gasteiger partial charge in [-0.25, -0.2) is 18.0 Å². The average Bonchev–Trinajstić information content (AvgIpc) is 2.86. The molecular weight excluding hydrogens is 311 g/mol. The molecule has 0 N–H and O–H groups in total. The summed E-state index contributed by atoms with van der Waals surface area (Å²) < 4.78 is 52.5. The van der Waals surface area contributed by atoms with Gasteiger partial charge in [-0.05, 0) is 25.5 Å². The third-order valence-corrected chi connectivity index (χ3v) is 4.50. The highest BCUT2D eigenvalue weighted by atomic mass is 19.1. The lowest BCUT2D eigenvalue weighted by Gasteiger charge is -2.34. The van der Waals surface area contributed by atoms with Gasteiger partial charge in [-0.2, -0.15) is 0 Å². The van der Waals surface area contributed by atoms with Crippen molar-refractivity contribution in [3.05, 3.63) is 35.4 Å². The Morgan fingerprint density at radius 1 is 1.35 bits per heavy atom. The first-order chi connectivity index (χ1) is 10.7. The van der Waals surface area contributed by atoms with Crippen molar-refractivity contribution in [3.8, 4) is 0 Å². The van der Waals surface area contributed by atoms with Gasteiger partial charge in [0.25, 0.3) is 0 Å². The molecule has 1 saturated heterocycles. The topological polar surface area (TPSA) is 38.8 Å². The summed E-state index contributed by atoms with van der Waals surface area (Å²) in [7, 11) is 2.54. The molecule has 2 rings (SSSR count). The van der Waals surface area contributed by atoms with Crippen molar-refractivity contribution in [2.24, 2.45) is 0 Å². The molecule has 128 valence electrons. The Hall–Kier alpha value is -1.60. The molecule has 0 unspecified atom stereocenters. The van der Waals surface area contributed by atoms with Crippen LogP contribution >= 0.6 is 0 Å². The van der Waals surface area contributed by atoms with Crippen molar-refractivity contribution in [3.63, 3.8) is 0 Å². The van der Waals surface area contributed by atoms with Crippen LogP contribution in [-0.2, 0) is 14.3 Å². The summed E-state index contributed by atoms with van der Waals surface area (Å²) in [5.74, 6) is -3.86. The van der Waals surface area contributed by atoms with E-state index in [1.165, 1.54) is 7.11 Å². The number of methoxy groups -OCH3 is 2. The van der Waals surface area contributed by atoms with Gasteiger partial charge in [0.05, 0.1) is 7.11 Å². The van der Waals surface area contributed by atoms with Crippen LogP contribution in [0, 0.1) is 11.6 Å². The van der Waals surface area contributed by atoms with Gasteiger partial charge in [0, 0.05) is 32.2 Å². The van der Waals surface area contributed by atoms with E-state index >= 15 is 4.39 Å². The lowest BCUT2D eigenvalue weighted by atomic mass is 9.86. The van der Waals surface area contributed by atoms with Gasteiger partial charge in [0.1, 0.15) is 17.4 Å². The molecule has 0 radical (unpaired) electrons. The fraction of sp³-hybridized carbons (Fsp3) is 0.562. The first kappa shape index (κ1) is 17.7. The molecule has 23 heavy (non-hydrogen) atoms. The van der Waals surface area contributed by atoms with Crippen LogP contribution in [0.3, 0.4) is 0 Å². The molecule has 1 aliphatic rings. The second kappa shape index (κ2) is 6.13. The minimum Gasteiger partial charge on any atom is -0.467 e. The van der Waals surface area contributed by atoms with E-state index in [1.54, 1.807) is 18.7 Å². The summed E-state index contributed by atoms with van der Waals surface area (Å²) in [4.78, 5) is 13.6. The van der Waals surface area contributed by atoms with Crippen molar-refractivity contribution in [1.82, 2.24) is 4.90 Å². The van der Waals surface area contributed by atoms with Crippen LogP contribution in [0.4, 0.5) is 13.2 Å². The fourth-order valence-corrected chi connectivity index (χ4v) is 2.86. The molecule has 0 aliphatic carbocycles. The summed E-state index contributed by atoms with van der Waals surface area (Å²) in [6.07, 6.45) is 0. The molecule has 1 aliphatic heterocycles. The Kier molecular flexibility index (Phi) is 4.73. The molecule has 2 atom stereocenters. The number of benzene rings is 1. The molecule has 0 aromatic heterocycles. The highest BCUT2D eigenvalue weighted by Gasteiger charge is 2.57. The lowest BCUT2D eigenvalue weighted by molar-refractivity contribution is -0.156. The van der Waals surface area contributed by atoms with E-state index in [2.05, 4.69) is 4.74 Å². The monoisotopic (exact) mass is 331 g/mol. The van der Waals surface area contributed by atoms with Crippen molar-refractivity contribution in [2.75, 3.05) is 27.3 Å². The molecular formula is C16H20F3NO3. The van der Waals surface area contributed by atoms with Gasteiger partial charge < -0.3 is 9.47 Å². The number of halogens is 3. The van der Waals surface area contributed by atoms with E-state index in [-0.39, 0.29) is 18.7 Å². The maximum absolute atomic E-state index is 15.4. The van der Waals surface area contributed by atoms with Crippen molar-refractivity contribution >= 4 is 5.97 Å². The average molecular weight is 331 g/mol.